The number of hydrogen-bond acceptors (Lipinski definition) is 3. The van der Waals surface area contributed by atoms with Crippen molar-refractivity contribution < 1.29 is 8.78 Å². The summed E-state index contributed by atoms with van der Waals surface area (Å²) in [5, 5.41) is 8.93. The Balaban J connectivity index is 1.86. The van der Waals surface area contributed by atoms with Crippen LogP contribution in [0.15, 0.2) is 35.7 Å². The van der Waals surface area contributed by atoms with Gasteiger partial charge in [0.2, 0.25) is 0 Å². The summed E-state index contributed by atoms with van der Waals surface area (Å²) >= 11 is 6.78. The Kier molecular flexibility index (Phi) is 3.94. The van der Waals surface area contributed by atoms with Crippen molar-refractivity contribution in [1.82, 2.24) is 14.8 Å². The Hall–Kier alpha value is -1.86. The van der Waals surface area contributed by atoms with Crippen LogP contribution in [-0.4, -0.2) is 14.8 Å². The number of hydrogen-bond donors (Lipinski definition) is 1. The number of aryl methyl sites for hydroxylation is 1. The molecule has 0 spiro atoms. The number of thiophene rings is 1. The number of H-pyrrole nitrogens is 1. The van der Waals surface area contributed by atoms with Gasteiger partial charge in [-0.2, -0.15) is 5.10 Å². The molecule has 0 amide bonds. The lowest BCUT2D eigenvalue weighted by Gasteiger charge is -2.06. The van der Waals surface area contributed by atoms with E-state index in [4.69, 9.17) is 12.2 Å². The van der Waals surface area contributed by atoms with Gasteiger partial charge in [-0.15, -0.1) is 11.3 Å². The van der Waals surface area contributed by atoms with Crippen LogP contribution in [0.3, 0.4) is 0 Å². The SMILES string of the molecule is Fc1cc(F)cc(CCn2c(-c3cccs3)n[nH]c2=S)c1. The standard InChI is InChI=1S/C14H11F2N3S2/c15-10-6-9(7-11(16)8-10)3-4-19-13(17-18-14(19)20)12-2-1-5-21-12/h1-2,5-8H,3-4H2,(H,18,20). The van der Waals surface area contributed by atoms with Crippen molar-refractivity contribution in [1.29, 1.82) is 0 Å². The van der Waals surface area contributed by atoms with E-state index in [9.17, 15) is 8.78 Å². The third kappa shape index (κ3) is 3.08. The van der Waals surface area contributed by atoms with E-state index in [0.29, 0.717) is 23.3 Å². The Morgan fingerprint density at radius 2 is 2.00 bits per heavy atom. The van der Waals surface area contributed by atoms with Crippen LogP contribution in [-0.2, 0) is 13.0 Å². The predicted octanol–water partition coefficient (Wildman–Crippen LogP) is 4.19. The van der Waals surface area contributed by atoms with E-state index >= 15 is 0 Å². The molecule has 0 atom stereocenters. The first-order chi connectivity index (χ1) is 10.1. The van der Waals surface area contributed by atoms with Gasteiger partial charge in [-0.25, -0.2) is 8.78 Å². The van der Waals surface area contributed by atoms with Gasteiger partial charge < -0.3 is 0 Å². The van der Waals surface area contributed by atoms with E-state index < -0.39 is 11.6 Å². The summed E-state index contributed by atoms with van der Waals surface area (Å²) in [7, 11) is 0. The summed E-state index contributed by atoms with van der Waals surface area (Å²) in [4.78, 5) is 0.993. The van der Waals surface area contributed by atoms with Gasteiger partial charge in [-0.3, -0.25) is 9.67 Å². The van der Waals surface area contributed by atoms with Crippen LogP contribution in [0, 0.1) is 16.4 Å². The highest BCUT2D eigenvalue weighted by Gasteiger charge is 2.10. The molecule has 0 aliphatic heterocycles. The molecule has 2 aromatic heterocycles. The summed E-state index contributed by atoms with van der Waals surface area (Å²) in [6, 6.07) is 7.41. The van der Waals surface area contributed by atoms with E-state index in [1.807, 2.05) is 22.1 Å². The molecule has 0 unspecified atom stereocenters. The van der Waals surface area contributed by atoms with Crippen molar-refractivity contribution in [2.75, 3.05) is 0 Å². The zero-order valence-electron chi connectivity index (χ0n) is 10.8. The number of aromatic nitrogens is 3. The lowest BCUT2D eigenvalue weighted by molar-refractivity contribution is 0.576. The van der Waals surface area contributed by atoms with Gasteiger partial charge in [0.25, 0.3) is 0 Å². The smallest absolute Gasteiger partial charge is 0.195 e. The molecule has 3 nitrogen and oxygen atoms in total. The average molecular weight is 323 g/mol. The Morgan fingerprint density at radius 3 is 2.67 bits per heavy atom. The van der Waals surface area contributed by atoms with Crippen LogP contribution in [0.25, 0.3) is 10.7 Å². The third-order valence-electron chi connectivity index (χ3n) is 3.05. The fourth-order valence-electron chi connectivity index (χ4n) is 2.12. The molecule has 108 valence electrons. The second-order valence-electron chi connectivity index (χ2n) is 4.51. The molecule has 2 heterocycles. The lowest BCUT2D eigenvalue weighted by Crippen LogP contribution is -2.04. The second-order valence-corrected chi connectivity index (χ2v) is 5.84. The lowest BCUT2D eigenvalue weighted by atomic mass is 10.1. The van der Waals surface area contributed by atoms with Crippen molar-refractivity contribution in [3.63, 3.8) is 0 Å². The molecule has 21 heavy (non-hydrogen) atoms. The fraction of sp³-hybridized carbons (Fsp3) is 0.143. The maximum absolute atomic E-state index is 13.2. The van der Waals surface area contributed by atoms with Crippen LogP contribution >= 0.6 is 23.6 Å². The molecule has 0 aliphatic carbocycles. The fourth-order valence-corrected chi connectivity index (χ4v) is 3.06. The average Bonchev–Trinajstić information content (AvgIpc) is 3.04. The van der Waals surface area contributed by atoms with E-state index in [2.05, 4.69) is 10.2 Å². The van der Waals surface area contributed by atoms with Gasteiger partial charge in [0, 0.05) is 12.6 Å². The normalized spacial score (nSPS) is 11.0. The minimum Gasteiger partial charge on any atom is -0.299 e. The number of nitrogens with one attached hydrogen (secondary N) is 1. The predicted molar refractivity (Wildman–Crippen MR) is 80.8 cm³/mol. The van der Waals surface area contributed by atoms with E-state index in [1.165, 1.54) is 12.1 Å². The zero-order valence-corrected chi connectivity index (χ0v) is 12.5. The third-order valence-corrected chi connectivity index (χ3v) is 4.22. The maximum atomic E-state index is 13.2. The van der Waals surface area contributed by atoms with Gasteiger partial charge >= 0.3 is 0 Å². The largest absolute Gasteiger partial charge is 0.299 e. The molecule has 0 saturated heterocycles. The number of benzene rings is 1. The highest BCUT2D eigenvalue weighted by Crippen LogP contribution is 2.23. The van der Waals surface area contributed by atoms with Crippen LogP contribution in [0.4, 0.5) is 8.78 Å². The van der Waals surface area contributed by atoms with E-state index in [-0.39, 0.29) is 0 Å². The van der Waals surface area contributed by atoms with Crippen LogP contribution in [0.2, 0.25) is 0 Å². The summed E-state index contributed by atoms with van der Waals surface area (Å²) in [6.45, 7) is 0.505. The molecule has 0 bridgehead atoms. The van der Waals surface area contributed by atoms with Crippen molar-refractivity contribution >= 4 is 23.6 Å². The number of halogens is 2. The minimum absolute atomic E-state index is 0.473. The minimum atomic E-state index is -0.570. The summed E-state index contributed by atoms with van der Waals surface area (Å²) < 4.78 is 28.7. The van der Waals surface area contributed by atoms with Crippen LogP contribution in [0.5, 0.6) is 0 Å². The number of nitrogens with zero attached hydrogens (tertiary/aromatic N) is 2. The van der Waals surface area contributed by atoms with Crippen molar-refractivity contribution in [2.24, 2.45) is 0 Å². The number of aromatic amines is 1. The Bertz CT molecular complexity index is 786. The van der Waals surface area contributed by atoms with Gasteiger partial charge in [0.1, 0.15) is 11.6 Å². The van der Waals surface area contributed by atoms with Crippen molar-refractivity contribution in [3.8, 4) is 10.7 Å². The zero-order chi connectivity index (χ0) is 14.8. The highest BCUT2D eigenvalue weighted by molar-refractivity contribution is 7.71. The van der Waals surface area contributed by atoms with Gasteiger partial charge in [-0.05, 0) is 47.8 Å². The summed E-state index contributed by atoms with van der Waals surface area (Å²) in [6.07, 6.45) is 0.473. The highest BCUT2D eigenvalue weighted by atomic mass is 32.1. The first-order valence-corrected chi connectivity index (χ1v) is 7.56. The maximum Gasteiger partial charge on any atom is 0.195 e. The molecule has 0 aliphatic rings. The Labute approximate surface area is 128 Å². The van der Waals surface area contributed by atoms with Gasteiger partial charge in [0.05, 0.1) is 4.88 Å². The molecule has 7 heteroatoms. The molecule has 3 rings (SSSR count). The molecule has 0 saturated carbocycles. The number of rotatable bonds is 4. The monoisotopic (exact) mass is 323 g/mol. The van der Waals surface area contributed by atoms with Gasteiger partial charge in [0.15, 0.2) is 10.6 Å². The first kappa shape index (κ1) is 14.1. The first-order valence-electron chi connectivity index (χ1n) is 6.27. The van der Waals surface area contributed by atoms with Gasteiger partial charge in [-0.1, -0.05) is 6.07 Å². The summed E-state index contributed by atoms with van der Waals surface area (Å²) in [5.74, 6) is -0.398. The second kappa shape index (κ2) is 5.87. The van der Waals surface area contributed by atoms with Crippen LogP contribution in [0.1, 0.15) is 5.56 Å². The Morgan fingerprint density at radius 1 is 1.24 bits per heavy atom. The topological polar surface area (TPSA) is 33.6 Å². The molecule has 0 fully saturated rings. The van der Waals surface area contributed by atoms with E-state index in [1.54, 1.807) is 11.3 Å². The molecule has 0 radical (unpaired) electrons. The molecule has 1 N–H and O–H groups in total. The van der Waals surface area contributed by atoms with Crippen molar-refractivity contribution in [2.45, 2.75) is 13.0 Å². The quantitative estimate of drug-likeness (QED) is 0.730. The molecule has 1 aromatic carbocycles. The summed E-state index contributed by atoms with van der Waals surface area (Å²) in [5.41, 5.74) is 0.590. The molecular weight excluding hydrogens is 312 g/mol. The van der Waals surface area contributed by atoms with Crippen LogP contribution < -0.4 is 0 Å². The molecule has 3 aromatic rings. The molecular formula is C14H11F2N3S2. The van der Waals surface area contributed by atoms with Crippen molar-refractivity contribution in [3.05, 3.63) is 57.7 Å². The van der Waals surface area contributed by atoms with E-state index in [0.717, 1.165) is 16.8 Å².